The lowest BCUT2D eigenvalue weighted by Crippen LogP contribution is -2.52. The van der Waals surface area contributed by atoms with Crippen molar-refractivity contribution < 1.29 is 18.7 Å². The predicted octanol–water partition coefficient (Wildman–Crippen LogP) is 2.26. The summed E-state index contributed by atoms with van der Waals surface area (Å²) < 4.78 is 24.4. The highest BCUT2D eigenvalue weighted by atomic mass is 19.1. The largest absolute Gasteiger partial charge is 0.484 e. The first-order chi connectivity index (χ1) is 8.13. The topological polar surface area (TPSA) is 35.5 Å². The summed E-state index contributed by atoms with van der Waals surface area (Å²) in [4.78, 5) is 11.3. The highest BCUT2D eigenvalue weighted by molar-refractivity contribution is 5.90. The first-order valence-corrected chi connectivity index (χ1v) is 5.69. The molecule has 92 valence electrons. The number of benzene rings is 1. The van der Waals surface area contributed by atoms with Gasteiger partial charge in [-0.2, -0.15) is 0 Å². The van der Waals surface area contributed by atoms with Crippen molar-refractivity contribution in [3.05, 3.63) is 29.6 Å². The molecule has 0 aromatic heterocycles. The van der Waals surface area contributed by atoms with Gasteiger partial charge >= 0.3 is 0 Å². The van der Waals surface area contributed by atoms with Gasteiger partial charge in [-0.3, -0.25) is 4.79 Å². The molecule has 1 aromatic rings. The van der Waals surface area contributed by atoms with E-state index in [9.17, 15) is 9.18 Å². The Bertz CT molecular complexity index is 431. The zero-order valence-electron chi connectivity index (χ0n) is 9.90. The molecular weight excluding hydrogens is 223 g/mol. The lowest BCUT2D eigenvalue weighted by molar-refractivity contribution is -0.154. The number of Topliss-reactive ketones (excluding diaryl/α,β-unsaturated/α-hetero) is 1. The molecule has 1 aliphatic rings. The molecule has 4 heteroatoms. The average Bonchev–Trinajstić information content (AvgIpc) is 2.31. The second kappa shape index (κ2) is 4.84. The fourth-order valence-corrected chi connectivity index (χ4v) is 1.83. The highest BCUT2D eigenvalue weighted by Crippen LogP contribution is 2.28. The van der Waals surface area contributed by atoms with Crippen molar-refractivity contribution in [1.82, 2.24) is 0 Å². The Balaban J connectivity index is 2.06. The smallest absolute Gasteiger partial charge is 0.169 e. The van der Waals surface area contributed by atoms with Gasteiger partial charge in [-0.15, -0.1) is 0 Å². The van der Waals surface area contributed by atoms with Crippen LogP contribution in [-0.2, 0) is 9.53 Å². The maximum Gasteiger partial charge on any atom is 0.169 e. The molecule has 0 bridgehead atoms. The molecule has 2 atom stereocenters. The average molecular weight is 238 g/mol. The Morgan fingerprint density at radius 2 is 2.24 bits per heavy atom. The van der Waals surface area contributed by atoms with Gasteiger partial charge in [0.05, 0.1) is 0 Å². The quantitative estimate of drug-likeness (QED) is 0.807. The van der Waals surface area contributed by atoms with Gasteiger partial charge in [-0.05, 0) is 25.5 Å². The van der Waals surface area contributed by atoms with E-state index < -0.39 is 6.10 Å². The molecule has 2 rings (SSSR count). The Morgan fingerprint density at radius 3 is 2.88 bits per heavy atom. The SMILES string of the molecule is CCOC1C(=O)CC1Oc1cccc(C)c1F. The number of carbonyl (C=O) groups excluding carboxylic acids is 1. The summed E-state index contributed by atoms with van der Waals surface area (Å²) in [6.45, 7) is 3.94. The van der Waals surface area contributed by atoms with Gasteiger partial charge in [-0.1, -0.05) is 12.1 Å². The first kappa shape index (κ1) is 12.0. The minimum absolute atomic E-state index is 0.0184. The molecule has 0 N–H and O–H groups in total. The zero-order chi connectivity index (χ0) is 12.4. The van der Waals surface area contributed by atoms with E-state index in [4.69, 9.17) is 9.47 Å². The maximum atomic E-state index is 13.7. The van der Waals surface area contributed by atoms with Crippen LogP contribution in [0.2, 0.25) is 0 Å². The van der Waals surface area contributed by atoms with Gasteiger partial charge in [0.15, 0.2) is 23.5 Å². The van der Waals surface area contributed by atoms with E-state index in [2.05, 4.69) is 0 Å². The molecule has 1 saturated carbocycles. The molecule has 1 aliphatic carbocycles. The summed E-state index contributed by atoms with van der Waals surface area (Å²) in [7, 11) is 0. The van der Waals surface area contributed by atoms with E-state index >= 15 is 0 Å². The normalized spacial score (nSPS) is 23.4. The van der Waals surface area contributed by atoms with Gasteiger partial charge in [0, 0.05) is 13.0 Å². The molecular formula is C13H15FO3. The predicted molar refractivity (Wildman–Crippen MR) is 60.6 cm³/mol. The molecule has 0 spiro atoms. The van der Waals surface area contributed by atoms with Gasteiger partial charge < -0.3 is 9.47 Å². The number of rotatable bonds is 4. The van der Waals surface area contributed by atoms with Crippen molar-refractivity contribution >= 4 is 5.78 Å². The summed E-state index contributed by atoms with van der Waals surface area (Å²) in [5, 5.41) is 0. The Morgan fingerprint density at radius 1 is 1.47 bits per heavy atom. The molecule has 0 heterocycles. The number of hydrogen-bond donors (Lipinski definition) is 0. The van der Waals surface area contributed by atoms with E-state index in [0.717, 1.165) is 0 Å². The van der Waals surface area contributed by atoms with Crippen molar-refractivity contribution in [2.24, 2.45) is 0 Å². The van der Waals surface area contributed by atoms with Crippen molar-refractivity contribution in [1.29, 1.82) is 0 Å². The summed E-state index contributed by atoms with van der Waals surface area (Å²) >= 11 is 0. The van der Waals surface area contributed by atoms with Gasteiger partial charge in [0.25, 0.3) is 0 Å². The van der Waals surface area contributed by atoms with Crippen molar-refractivity contribution in [3.8, 4) is 5.75 Å². The third-order valence-corrected chi connectivity index (χ3v) is 2.84. The molecule has 0 saturated heterocycles. The second-order valence-electron chi connectivity index (χ2n) is 4.09. The molecule has 1 aromatic carbocycles. The zero-order valence-corrected chi connectivity index (χ0v) is 9.90. The van der Waals surface area contributed by atoms with E-state index in [0.29, 0.717) is 12.2 Å². The highest BCUT2D eigenvalue weighted by Gasteiger charge is 2.42. The van der Waals surface area contributed by atoms with E-state index in [1.54, 1.807) is 25.1 Å². The third kappa shape index (κ3) is 2.31. The van der Waals surface area contributed by atoms with Gasteiger partial charge in [-0.25, -0.2) is 4.39 Å². The first-order valence-electron chi connectivity index (χ1n) is 5.69. The number of aryl methyl sites for hydroxylation is 1. The molecule has 1 fully saturated rings. The summed E-state index contributed by atoms with van der Waals surface area (Å²) in [5.41, 5.74) is 0.529. The van der Waals surface area contributed by atoms with Crippen LogP contribution in [0.25, 0.3) is 0 Å². The molecule has 3 nitrogen and oxygen atoms in total. The van der Waals surface area contributed by atoms with Crippen LogP contribution < -0.4 is 4.74 Å². The molecule has 17 heavy (non-hydrogen) atoms. The van der Waals surface area contributed by atoms with Crippen LogP contribution in [0.1, 0.15) is 18.9 Å². The van der Waals surface area contributed by atoms with E-state index in [1.807, 2.05) is 6.92 Å². The number of carbonyl (C=O) groups is 1. The Labute approximate surface area is 99.5 Å². The van der Waals surface area contributed by atoms with Crippen LogP contribution in [0.5, 0.6) is 5.75 Å². The third-order valence-electron chi connectivity index (χ3n) is 2.84. The monoisotopic (exact) mass is 238 g/mol. The molecule has 2 unspecified atom stereocenters. The van der Waals surface area contributed by atoms with Crippen molar-refractivity contribution in [3.63, 3.8) is 0 Å². The molecule has 0 radical (unpaired) electrons. The molecule has 0 aliphatic heterocycles. The lowest BCUT2D eigenvalue weighted by Gasteiger charge is -2.34. The summed E-state index contributed by atoms with van der Waals surface area (Å²) in [6.07, 6.45) is -0.614. The fourth-order valence-electron chi connectivity index (χ4n) is 1.83. The van der Waals surface area contributed by atoms with Crippen LogP contribution in [0, 0.1) is 12.7 Å². The van der Waals surface area contributed by atoms with E-state index in [-0.39, 0.29) is 29.9 Å². The minimum atomic E-state index is -0.542. The number of ether oxygens (including phenoxy) is 2. The van der Waals surface area contributed by atoms with Gasteiger partial charge in [0.2, 0.25) is 0 Å². The molecule has 0 amide bonds. The Hall–Kier alpha value is -1.42. The van der Waals surface area contributed by atoms with Crippen molar-refractivity contribution in [2.45, 2.75) is 32.5 Å². The lowest BCUT2D eigenvalue weighted by atomic mass is 9.90. The van der Waals surface area contributed by atoms with Crippen molar-refractivity contribution in [2.75, 3.05) is 6.61 Å². The number of hydrogen-bond acceptors (Lipinski definition) is 3. The van der Waals surface area contributed by atoms with Crippen LogP contribution in [-0.4, -0.2) is 24.6 Å². The maximum absolute atomic E-state index is 13.7. The van der Waals surface area contributed by atoms with Crippen LogP contribution in [0.15, 0.2) is 18.2 Å². The Kier molecular flexibility index (Phi) is 3.43. The standard InChI is InChI=1S/C13H15FO3/c1-3-16-13-9(15)7-11(13)17-10-6-4-5-8(2)12(10)14/h4-6,11,13H,3,7H2,1-2H3. The minimum Gasteiger partial charge on any atom is -0.484 e. The van der Waals surface area contributed by atoms with Crippen LogP contribution >= 0.6 is 0 Å². The summed E-state index contributed by atoms with van der Waals surface area (Å²) in [6, 6.07) is 4.96. The van der Waals surface area contributed by atoms with E-state index in [1.165, 1.54) is 0 Å². The second-order valence-corrected chi connectivity index (χ2v) is 4.09. The number of ketones is 1. The van der Waals surface area contributed by atoms with Crippen LogP contribution in [0.4, 0.5) is 4.39 Å². The van der Waals surface area contributed by atoms with Crippen LogP contribution in [0.3, 0.4) is 0 Å². The van der Waals surface area contributed by atoms with Gasteiger partial charge in [0.1, 0.15) is 6.10 Å². The fraction of sp³-hybridized carbons (Fsp3) is 0.462. The number of halogens is 1. The summed E-state index contributed by atoms with van der Waals surface area (Å²) in [5.74, 6) is -0.167.